The second kappa shape index (κ2) is 5.90. The van der Waals surface area contributed by atoms with E-state index in [1.165, 1.54) is 17.4 Å². The van der Waals surface area contributed by atoms with Crippen LogP contribution in [-0.4, -0.2) is 19.9 Å². The summed E-state index contributed by atoms with van der Waals surface area (Å²) in [7, 11) is -3.54. The van der Waals surface area contributed by atoms with Gasteiger partial charge in [-0.05, 0) is 37.1 Å². The van der Waals surface area contributed by atoms with Gasteiger partial charge in [0.05, 0.1) is 16.1 Å². The molecular weight excluding hydrogens is 294 g/mol. The zero-order chi connectivity index (χ0) is 14.8. The fraction of sp³-hybridized carbons (Fsp3) is 0.308. The molecule has 108 valence electrons. The van der Waals surface area contributed by atoms with Crippen LogP contribution in [-0.2, 0) is 16.4 Å². The number of sulfonamides is 1. The molecule has 5 nitrogen and oxygen atoms in total. The SMILES string of the molecule is Cc1cc(N)cc(S(=O)(=O)NCCc2cscn2)c1C. The van der Waals surface area contributed by atoms with Crippen molar-refractivity contribution in [2.75, 3.05) is 12.3 Å². The molecule has 0 aliphatic rings. The molecule has 0 atom stereocenters. The first kappa shape index (κ1) is 15.0. The van der Waals surface area contributed by atoms with Crippen LogP contribution in [0.15, 0.2) is 27.9 Å². The summed E-state index contributed by atoms with van der Waals surface area (Å²) in [5, 5.41) is 1.91. The number of anilines is 1. The zero-order valence-electron chi connectivity index (χ0n) is 11.4. The molecule has 7 heteroatoms. The minimum atomic E-state index is -3.54. The van der Waals surface area contributed by atoms with Crippen LogP contribution in [0.1, 0.15) is 16.8 Å². The van der Waals surface area contributed by atoms with Crippen molar-refractivity contribution >= 4 is 27.0 Å². The standard InChI is InChI=1S/C13H17N3O2S2/c1-9-5-11(14)6-13(10(9)2)20(17,18)16-4-3-12-7-19-8-15-12/h5-8,16H,3-4,14H2,1-2H3. The molecule has 3 N–H and O–H groups in total. The number of aromatic nitrogens is 1. The number of nitrogens with one attached hydrogen (secondary N) is 1. The molecule has 0 fully saturated rings. The van der Waals surface area contributed by atoms with E-state index in [2.05, 4.69) is 9.71 Å². The third-order valence-corrected chi connectivity index (χ3v) is 5.31. The third kappa shape index (κ3) is 3.36. The Morgan fingerprint density at radius 1 is 1.35 bits per heavy atom. The van der Waals surface area contributed by atoms with E-state index in [4.69, 9.17) is 5.73 Å². The smallest absolute Gasteiger partial charge is 0.240 e. The van der Waals surface area contributed by atoms with Gasteiger partial charge < -0.3 is 5.73 Å². The van der Waals surface area contributed by atoms with Crippen LogP contribution < -0.4 is 10.5 Å². The molecule has 0 radical (unpaired) electrons. The van der Waals surface area contributed by atoms with Crippen LogP contribution in [0.2, 0.25) is 0 Å². The summed E-state index contributed by atoms with van der Waals surface area (Å²) in [5.41, 5.74) is 10.4. The molecule has 0 saturated carbocycles. The molecule has 20 heavy (non-hydrogen) atoms. The van der Waals surface area contributed by atoms with Crippen LogP contribution in [0.5, 0.6) is 0 Å². The number of benzene rings is 1. The Morgan fingerprint density at radius 2 is 2.10 bits per heavy atom. The number of hydrogen-bond acceptors (Lipinski definition) is 5. The summed E-state index contributed by atoms with van der Waals surface area (Å²) < 4.78 is 27.2. The molecule has 1 aromatic carbocycles. The molecular formula is C13H17N3O2S2. The Labute approximate surface area is 122 Å². The van der Waals surface area contributed by atoms with Gasteiger partial charge in [0.1, 0.15) is 0 Å². The minimum absolute atomic E-state index is 0.244. The van der Waals surface area contributed by atoms with Crippen LogP contribution in [0.4, 0.5) is 5.69 Å². The van der Waals surface area contributed by atoms with Gasteiger partial charge in [-0.3, -0.25) is 0 Å². The van der Waals surface area contributed by atoms with E-state index >= 15 is 0 Å². The van der Waals surface area contributed by atoms with Crippen LogP contribution in [0.25, 0.3) is 0 Å². The van der Waals surface area contributed by atoms with E-state index in [1.807, 2.05) is 12.3 Å². The van der Waals surface area contributed by atoms with Gasteiger partial charge in [-0.25, -0.2) is 18.1 Å². The highest BCUT2D eigenvalue weighted by Gasteiger charge is 2.18. The lowest BCUT2D eigenvalue weighted by Gasteiger charge is -2.12. The van der Waals surface area contributed by atoms with Crippen LogP contribution in [0, 0.1) is 13.8 Å². The van der Waals surface area contributed by atoms with Gasteiger partial charge >= 0.3 is 0 Å². The molecule has 0 aliphatic heterocycles. The van der Waals surface area contributed by atoms with E-state index in [1.54, 1.807) is 18.5 Å². The largest absolute Gasteiger partial charge is 0.399 e. The van der Waals surface area contributed by atoms with Crippen LogP contribution in [0.3, 0.4) is 0 Å². The maximum atomic E-state index is 12.3. The molecule has 0 aliphatic carbocycles. The monoisotopic (exact) mass is 311 g/mol. The van der Waals surface area contributed by atoms with Crippen molar-refractivity contribution in [3.8, 4) is 0 Å². The summed E-state index contributed by atoms with van der Waals surface area (Å²) >= 11 is 1.50. The van der Waals surface area contributed by atoms with E-state index in [0.29, 0.717) is 18.7 Å². The van der Waals surface area contributed by atoms with Gasteiger partial charge in [0.2, 0.25) is 10.0 Å². The summed E-state index contributed by atoms with van der Waals surface area (Å²) in [6, 6.07) is 3.26. The third-order valence-electron chi connectivity index (χ3n) is 3.09. The number of rotatable bonds is 5. The average molecular weight is 311 g/mol. The zero-order valence-corrected chi connectivity index (χ0v) is 13.0. The number of hydrogen-bond donors (Lipinski definition) is 2. The van der Waals surface area contributed by atoms with Crippen LogP contribution >= 0.6 is 11.3 Å². The Morgan fingerprint density at radius 3 is 2.75 bits per heavy atom. The van der Waals surface area contributed by atoms with Crippen molar-refractivity contribution in [2.45, 2.75) is 25.2 Å². The van der Waals surface area contributed by atoms with Gasteiger partial charge in [-0.2, -0.15) is 0 Å². The molecule has 0 bridgehead atoms. The maximum Gasteiger partial charge on any atom is 0.240 e. The molecule has 2 rings (SSSR count). The van der Waals surface area contributed by atoms with Gasteiger partial charge in [0.15, 0.2) is 0 Å². The molecule has 1 heterocycles. The van der Waals surface area contributed by atoms with Crippen molar-refractivity contribution in [1.29, 1.82) is 0 Å². The van der Waals surface area contributed by atoms with E-state index in [-0.39, 0.29) is 4.90 Å². The fourth-order valence-corrected chi connectivity index (χ4v) is 3.86. The van der Waals surface area contributed by atoms with Crippen molar-refractivity contribution in [3.05, 3.63) is 39.8 Å². The Hall–Kier alpha value is -1.44. The predicted octanol–water partition coefficient (Wildman–Crippen LogP) is 1.86. The highest BCUT2D eigenvalue weighted by molar-refractivity contribution is 7.89. The van der Waals surface area contributed by atoms with E-state index in [0.717, 1.165) is 16.8 Å². The molecule has 0 saturated heterocycles. The van der Waals surface area contributed by atoms with E-state index < -0.39 is 10.0 Å². The van der Waals surface area contributed by atoms with Crippen molar-refractivity contribution in [1.82, 2.24) is 9.71 Å². The molecule has 2 aromatic rings. The first-order chi connectivity index (χ1) is 9.40. The van der Waals surface area contributed by atoms with Gasteiger partial charge in [0.25, 0.3) is 0 Å². The van der Waals surface area contributed by atoms with Crippen molar-refractivity contribution < 1.29 is 8.42 Å². The topological polar surface area (TPSA) is 85.1 Å². The number of nitrogen functional groups attached to an aromatic ring is 1. The highest BCUT2D eigenvalue weighted by atomic mass is 32.2. The lowest BCUT2D eigenvalue weighted by atomic mass is 10.1. The predicted molar refractivity (Wildman–Crippen MR) is 81.3 cm³/mol. The average Bonchev–Trinajstić information content (AvgIpc) is 2.86. The summed E-state index contributed by atoms with van der Waals surface area (Å²) in [4.78, 5) is 4.36. The minimum Gasteiger partial charge on any atom is -0.399 e. The number of aryl methyl sites for hydroxylation is 1. The molecule has 1 aromatic heterocycles. The molecule has 0 spiro atoms. The normalized spacial score (nSPS) is 11.7. The lowest BCUT2D eigenvalue weighted by Crippen LogP contribution is -2.27. The van der Waals surface area contributed by atoms with Gasteiger partial charge in [-0.1, -0.05) is 0 Å². The van der Waals surface area contributed by atoms with Crippen molar-refractivity contribution in [2.24, 2.45) is 0 Å². The van der Waals surface area contributed by atoms with Gasteiger partial charge in [0, 0.05) is 24.0 Å². The van der Waals surface area contributed by atoms with E-state index in [9.17, 15) is 8.42 Å². The second-order valence-electron chi connectivity index (χ2n) is 4.59. The Bertz CT molecular complexity index is 695. The first-order valence-electron chi connectivity index (χ1n) is 6.13. The molecule has 0 unspecified atom stereocenters. The summed E-state index contributed by atoms with van der Waals surface area (Å²) in [6.45, 7) is 3.95. The lowest BCUT2D eigenvalue weighted by molar-refractivity contribution is 0.580. The maximum absolute atomic E-state index is 12.3. The first-order valence-corrected chi connectivity index (χ1v) is 8.56. The van der Waals surface area contributed by atoms with Crippen molar-refractivity contribution in [3.63, 3.8) is 0 Å². The number of nitrogens with zero attached hydrogens (tertiary/aromatic N) is 1. The number of thiazole rings is 1. The fourth-order valence-electron chi connectivity index (χ4n) is 1.89. The summed E-state index contributed by atoms with van der Waals surface area (Å²) in [5.74, 6) is 0. The highest BCUT2D eigenvalue weighted by Crippen LogP contribution is 2.22. The summed E-state index contributed by atoms with van der Waals surface area (Å²) in [6.07, 6.45) is 0.572. The Balaban J connectivity index is 2.14. The second-order valence-corrected chi connectivity index (χ2v) is 7.04. The Kier molecular flexibility index (Phi) is 4.42. The molecule has 0 amide bonds. The quantitative estimate of drug-likeness (QED) is 0.825. The van der Waals surface area contributed by atoms with Gasteiger partial charge in [-0.15, -0.1) is 11.3 Å². The number of nitrogens with two attached hydrogens (primary N) is 1.